The van der Waals surface area contributed by atoms with Gasteiger partial charge in [-0.25, -0.2) is 4.79 Å². The van der Waals surface area contributed by atoms with Gasteiger partial charge in [-0.05, 0) is 48.1 Å². The van der Waals surface area contributed by atoms with E-state index in [0.717, 1.165) is 18.4 Å². The van der Waals surface area contributed by atoms with E-state index >= 15 is 0 Å². The molecular weight excluding hydrogens is 245 g/mol. The number of halogens is 1. The molecule has 4 heteroatoms. The van der Waals surface area contributed by atoms with Crippen molar-refractivity contribution in [2.45, 2.75) is 24.7 Å². The number of benzene rings is 1. The van der Waals surface area contributed by atoms with Crippen LogP contribution >= 0.6 is 0 Å². The van der Waals surface area contributed by atoms with E-state index in [9.17, 15) is 9.18 Å². The molecule has 19 heavy (non-hydrogen) atoms. The smallest absolute Gasteiger partial charge is 0.335 e. The van der Waals surface area contributed by atoms with Crippen LogP contribution < -0.4 is 0 Å². The van der Waals surface area contributed by atoms with Crippen molar-refractivity contribution in [1.29, 1.82) is 0 Å². The monoisotopic (exact) mass is 259 g/mol. The highest BCUT2D eigenvalue weighted by Crippen LogP contribution is 2.44. The molecule has 98 valence electrons. The van der Waals surface area contributed by atoms with Gasteiger partial charge in [0.1, 0.15) is 0 Å². The van der Waals surface area contributed by atoms with Crippen molar-refractivity contribution in [3.63, 3.8) is 0 Å². The van der Waals surface area contributed by atoms with Crippen LogP contribution in [0, 0.1) is 0 Å². The first kappa shape index (κ1) is 12.1. The standard InChI is InChI=1S/C15H14FNO2/c16-14-6-4-11(8-17-14)13-7-10(15(18)19)3-5-12(13)9-1-2-9/h3-7,9,11H,1-2,8H2,(H,18,19). The van der Waals surface area contributed by atoms with Gasteiger partial charge in [0.2, 0.25) is 5.97 Å². The lowest BCUT2D eigenvalue weighted by molar-refractivity contribution is 0.0696. The molecule has 1 aromatic carbocycles. The zero-order chi connectivity index (χ0) is 13.4. The van der Waals surface area contributed by atoms with Crippen LogP contribution in [0.25, 0.3) is 0 Å². The third-order valence-electron chi connectivity index (χ3n) is 3.66. The largest absolute Gasteiger partial charge is 0.478 e. The molecule has 1 atom stereocenters. The third-order valence-corrected chi connectivity index (χ3v) is 3.66. The van der Waals surface area contributed by atoms with Gasteiger partial charge in [0.15, 0.2) is 0 Å². The minimum atomic E-state index is -0.932. The summed E-state index contributed by atoms with van der Waals surface area (Å²) in [5.74, 6) is -0.881. The number of aliphatic imine (C=N–C) groups is 1. The second-order valence-corrected chi connectivity index (χ2v) is 5.05. The summed E-state index contributed by atoms with van der Waals surface area (Å²) in [6.07, 6.45) is 5.43. The van der Waals surface area contributed by atoms with Gasteiger partial charge in [-0.3, -0.25) is 4.99 Å². The molecule has 0 amide bonds. The number of hydrogen-bond donors (Lipinski definition) is 1. The van der Waals surface area contributed by atoms with E-state index in [2.05, 4.69) is 4.99 Å². The van der Waals surface area contributed by atoms with Crippen LogP contribution in [-0.4, -0.2) is 23.6 Å². The predicted octanol–water partition coefficient (Wildman–Crippen LogP) is 3.28. The number of dihydropyridines is 1. The second-order valence-electron chi connectivity index (χ2n) is 5.05. The molecule has 3 rings (SSSR count). The van der Waals surface area contributed by atoms with Gasteiger partial charge in [-0.1, -0.05) is 12.1 Å². The van der Waals surface area contributed by atoms with Crippen molar-refractivity contribution >= 4 is 11.9 Å². The van der Waals surface area contributed by atoms with Gasteiger partial charge in [0.25, 0.3) is 0 Å². The maximum absolute atomic E-state index is 12.9. The molecule has 0 radical (unpaired) electrons. The average Bonchev–Trinajstić information content (AvgIpc) is 3.23. The van der Waals surface area contributed by atoms with Crippen molar-refractivity contribution < 1.29 is 14.3 Å². The number of carboxylic acids is 1. The number of aromatic carboxylic acids is 1. The Labute approximate surface area is 110 Å². The first-order valence-electron chi connectivity index (χ1n) is 6.40. The summed E-state index contributed by atoms with van der Waals surface area (Å²) < 4.78 is 12.9. The van der Waals surface area contributed by atoms with Crippen molar-refractivity contribution in [3.8, 4) is 0 Å². The molecule has 1 saturated carbocycles. The highest BCUT2D eigenvalue weighted by Gasteiger charge is 2.29. The van der Waals surface area contributed by atoms with E-state index in [1.807, 2.05) is 6.07 Å². The van der Waals surface area contributed by atoms with E-state index in [0.29, 0.717) is 12.5 Å². The van der Waals surface area contributed by atoms with Gasteiger partial charge >= 0.3 is 5.97 Å². The summed E-state index contributed by atoms with van der Waals surface area (Å²) >= 11 is 0. The lowest BCUT2D eigenvalue weighted by Crippen LogP contribution is -2.10. The van der Waals surface area contributed by atoms with Gasteiger partial charge in [-0.2, -0.15) is 4.39 Å². The summed E-state index contributed by atoms with van der Waals surface area (Å²) in [5, 5.41) is 9.09. The summed E-state index contributed by atoms with van der Waals surface area (Å²) in [7, 11) is 0. The van der Waals surface area contributed by atoms with Crippen molar-refractivity contribution in [2.24, 2.45) is 4.99 Å². The number of carboxylic acid groups (broad SMARTS) is 1. The molecular formula is C15H14FNO2. The molecule has 1 aromatic rings. The lowest BCUT2D eigenvalue weighted by atomic mass is 9.89. The van der Waals surface area contributed by atoms with Gasteiger partial charge in [0, 0.05) is 5.92 Å². The van der Waals surface area contributed by atoms with E-state index in [1.165, 1.54) is 11.6 Å². The lowest BCUT2D eigenvalue weighted by Gasteiger charge is -2.18. The molecule has 1 aliphatic carbocycles. The first-order chi connectivity index (χ1) is 9.15. The fraction of sp³-hybridized carbons (Fsp3) is 0.333. The Balaban J connectivity index is 1.99. The Bertz CT molecular complexity index is 588. The Morgan fingerprint density at radius 2 is 2.11 bits per heavy atom. The quantitative estimate of drug-likeness (QED) is 0.905. The summed E-state index contributed by atoms with van der Waals surface area (Å²) in [6.45, 7) is 0.352. The van der Waals surface area contributed by atoms with Crippen LogP contribution in [0.15, 0.2) is 35.3 Å². The van der Waals surface area contributed by atoms with Crippen molar-refractivity contribution in [2.75, 3.05) is 6.54 Å². The van der Waals surface area contributed by atoms with Crippen LogP contribution in [0.2, 0.25) is 0 Å². The number of nitrogens with zero attached hydrogens (tertiary/aromatic N) is 1. The maximum Gasteiger partial charge on any atom is 0.335 e. The van der Waals surface area contributed by atoms with Crippen LogP contribution in [0.4, 0.5) is 4.39 Å². The highest BCUT2D eigenvalue weighted by atomic mass is 19.1. The number of allylic oxidation sites excluding steroid dienone is 1. The van der Waals surface area contributed by atoms with Gasteiger partial charge in [-0.15, -0.1) is 0 Å². The van der Waals surface area contributed by atoms with Crippen LogP contribution in [0.1, 0.15) is 46.2 Å². The first-order valence-corrected chi connectivity index (χ1v) is 6.40. The fourth-order valence-corrected chi connectivity index (χ4v) is 2.49. The van der Waals surface area contributed by atoms with Gasteiger partial charge < -0.3 is 5.11 Å². The van der Waals surface area contributed by atoms with E-state index < -0.39 is 11.9 Å². The Morgan fingerprint density at radius 3 is 2.68 bits per heavy atom. The molecule has 1 N–H and O–H groups in total. The van der Waals surface area contributed by atoms with E-state index in [-0.39, 0.29) is 11.5 Å². The summed E-state index contributed by atoms with van der Waals surface area (Å²) in [6, 6.07) is 5.26. The number of carbonyl (C=O) groups is 1. The summed E-state index contributed by atoms with van der Waals surface area (Å²) in [5.41, 5.74) is 2.45. The minimum absolute atomic E-state index is 0.0191. The number of hydrogen-bond acceptors (Lipinski definition) is 2. The fourth-order valence-electron chi connectivity index (χ4n) is 2.49. The molecule has 0 spiro atoms. The maximum atomic E-state index is 12.9. The van der Waals surface area contributed by atoms with Crippen LogP contribution in [0.3, 0.4) is 0 Å². The predicted molar refractivity (Wildman–Crippen MR) is 70.7 cm³/mol. The number of rotatable bonds is 3. The van der Waals surface area contributed by atoms with Crippen molar-refractivity contribution in [3.05, 3.63) is 47.0 Å². The molecule has 1 heterocycles. The van der Waals surface area contributed by atoms with Gasteiger partial charge in [0.05, 0.1) is 12.1 Å². The van der Waals surface area contributed by atoms with E-state index in [4.69, 9.17) is 5.11 Å². The Kier molecular flexibility index (Phi) is 2.93. The van der Waals surface area contributed by atoms with Crippen molar-refractivity contribution in [1.82, 2.24) is 0 Å². The zero-order valence-electron chi connectivity index (χ0n) is 10.3. The molecule has 0 bridgehead atoms. The van der Waals surface area contributed by atoms with Crippen LogP contribution in [-0.2, 0) is 0 Å². The topological polar surface area (TPSA) is 49.7 Å². The third kappa shape index (κ3) is 2.43. The summed E-state index contributed by atoms with van der Waals surface area (Å²) in [4.78, 5) is 14.9. The zero-order valence-corrected chi connectivity index (χ0v) is 10.3. The molecule has 0 aromatic heterocycles. The second kappa shape index (κ2) is 4.61. The Hall–Kier alpha value is -1.97. The molecule has 0 saturated heterocycles. The SMILES string of the molecule is O=C(O)c1ccc(C2CC2)c(C2C=CC(F)=NC2)c1. The highest BCUT2D eigenvalue weighted by molar-refractivity contribution is 5.89. The Morgan fingerprint density at radius 1 is 1.32 bits per heavy atom. The molecule has 1 fully saturated rings. The molecule has 3 nitrogen and oxygen atoms in total. The average molecular weight is 259 g/mol. The van der Waals surface area contributed by atoms with Crippen LogP contribution in [0.5, 0.6) is 0 Å². The molecule has 2 aliphatic rings. The normalized spacial score (nSPS) is 22.2. The molecule has 1 aliphatic heterocycles. The van der Waals surface area contributed by atoms with E-state index in [1.54, 1.807) is 18.2 Å². The molecule has 1 unspecified atom stereocenters. The minimum Gasteiger partial charge on any atom is -0.478 e.